The first-order valence-electron chi connectivity index (χ1n) is 8.11. The number of halogens is 1. The van der Waals surface area contributed by atoms with Crippen molar-refractivity contribution in [1.29, 1.82) is 0 Å². The minimum Gasteiger partial charge on any atom is -0.391 e. The fraction of sp³-hybridized carbons (Fsp3) is 0.316. The molecule has 0 radical (unpaired) electrons. The van der Waals surface area contributed by atoms with E-state index in [9.17, 15) is 14.3 Å². The van der Waals surface area contributed by atoms with E-state index < -0.39 is 6.10 Å². The van der Waals surface area contributed by atoms with E-state index in [-0.39, 0.29) is 18.4 Å². The molecule has 4 nitrogen and oxygen atoms in total. The average Bonchev–Trinajstić information content (AvgIpc) is 2.58. The Kier molecular flexibility index (Phi) is 7.23. The van der Waals surface area contributed by atoms with Gasteiger partial charge in [0, 0.05) is 19.5 Å². The first-order chi connectivity index (χ1) is 11.6. The summed E-state index contributed by atoms with van der Waals surface area (Å²) in [7, 11) is 0. The number of nitrogens with one attached hydrogen (secondary N) is 2. The minimum atomic E-state index is -0.620. The average molecular weight is 330 g/mol. The van der Waals surface area contributed by atoms with Crippen molar-refractivity contribution in [2.75, 3.05) is 13.1 Å². The third kappa shape index (κ3) is 6.79. The zero-order valence-electron chi connectivity index (χ0n) is 13.5. The summed E-state index contributed by atoms with van der Waals surface area (Å²) < 4.78 is 13.0. The Morgan fingerprint density at radius 1 is 1.04 bits per heavy atom. The van der Waals surface area contributed by atoms with Crippen molar-refractivity contribution in [1.82, 2.24) is 10.6 Å². The number of carbonyl (C=O) groups excluding carboxylic acids is 1. The highest BCUT2D eigenvalue weighted by atomic mass is 19.1. The Labute approximate surface area is 141 Å². The highest BCUT2D eigenvalue weighted by Gasteiger charge is 2.07. The van der Waals surface area contributed by atoms with Crippen LogP contribution in [-0.4, -0.2) is 30.3 Å². The molecule has 0 aliphatic rings. The van der Waals surface area contributed by atoms with Gasteiger partial charge in [-0.3, -0.25) is 0 Å². The lowest BCUT2D eigenvalue weighted by molar-refractivity contribution is 0.170. The molecule has 5 heteroatoms. The van der Waals surface area contributed by atoms with Gasteiger partial charge < -0.3 is 15.7 Å². The summed E-state index contributed by atoms with van der Waals surface area (Å²) >= 11 is 0. The Bertz CT molecular complexity index is 634. The van der Waals surface area contributed by atoms with Crippen LogP contribution in [-0.2, 0) is 12.8 Å². The summed E-state index contributed by atoms with van der Waals surface area (Å²) in [6.45, 7) is 0.696. The highest BCUT2D eigenvalue weighted by molar-refractivity contribution is 5.73. The monoisotopic (exact) mass is 330 g/mol. The van der Waals surface area contributed by atoms with E-state index in [2.05, 4.69) is 10.6 Å². The molecule has 2 rings (SSSR count). The SMILES string of the molecule is O=C(NCCCc1cccc(F)c1)NCC(O)Cc1ccccc1. The van der Waals surface area contributed by atoms with E-state index in [0.29, 0.717) is 19.4 Å². The number of benzene rings is 2. The maximum absolute atomic E-state index is 13.0. The standard InChI is InChI=1S/C19H23FN2O2/c20-17-10-4-8-15(12-17)9-5-11-21-19(24)22-14-18(23)13-16-6-2-1-3-7-16/h1-4,6-8,10,12,18,23H,5,9,11,13-14H2,(H2,21,22,24). The lowest BCUT2D eigenvalue weighted by atomic mass is 10.1. The van der Waals surface area contributed by atoms with Gasteiger partial charge >= 0.3 is 6.03 Å². The molecule has 0 aliphatic carbocycles. The van der Waals surface area contributed by atoms with E-state index in [4.69, 9.17) is 0 Å². The van der Waals surface area contributed by atoms with Gasteiger partial charge in [0.2, 0.25) is 0 Å². The molecule has 0 heterocycles. The molecule has 2 aromatic rings. The first-order valence-corrected chi connectivity index (χ1v) is 8.11. The molecule has 1 unspecified atom stereocenters. The number of aliphatic hydroxyl groups excluding tert-OH is 1. The summed E-state index contributed by atoms with van der Waals surface area (Å²) in [5.74, 6) is -0.245. The van der Waals surface area contributed by atoms with Crippen LogP contribution >= 0.6 is 0 Å². The van der Waals surface area contributed by atoms with Crippen LogP contribution in [0.3, 0.4) is 0 Å². The van der Waals surface area contributed by atoms with E-state index >= 15 is 0 Å². The molecule has 2 aromatic carbocycles. The van der Waals surface area contributed by atoms with Crippen molar-refractivity contribution in [2.45, 2.75) is 25.4 Å². The molecule has 1 atom stereocenters. The van der Waals surface area contributed by atoms with Crippen LogP contribution in [0.15, 0.2) is 54.6 Å². The van der Waals surface area contributed by atoms with Gasteiger partial charge in [0.1, 0.15) is 5.82 Å². The van der Waals surface area contributed by atoms with Crippen LogP contribution in [0.1, 0.15) is 17.5 Å². The fourth-order valence-electron chi connectivity index (χ4n) is 2.42. The Morgan fingerprint density at radius 2 is 1.79 bits per heavy atom. The van der Waals surface area contributed by atoms with Crippen molar-refractivity contribution in [3.05, 3.63) is 71.5 Å². The van der Waals surface area contributed by atoms with Crippen LogP contribution in [0.25, 0.3) is 0 Å². The maximum atomic E-state index is 13.0. The van der Waals surface area contributed by atoms with Crippen molar-refractivity contribution < 1.29 is 14.3 Å². The number of rotatable bonds is 8. The highest BCUT2D eigenvalue weighted by Crippen LogP contribution is 2.05. The third-order valence-electron chi connectivity index (χ3n) is 3.63. The first kappa shape index (κ1) is 17.9. The molecule has 0 aliphatic heterocycles. The second-order valence-corrected chi connectivity index (χ2v) is 5.71. The molecule has 128 valence electrons. The molecule has 2 amide bonds. The minimum absolute atomic E-state index is 0.199. The fourth-order valence-corrected chi connectivity index (χ4v) is 2.42. The largest absolute Gasteiger partial charge is 0.391 e. The van der Waals surface area contributed by atoms with Crippen LogP contribution in [0, 0.1) is 5.82 Å². The summed E-state index contributed by atoms with van der Waals surface area (Å²) in [6.07, 6.45) is 1.31. The van der Waals surface area contributed by atoms with Gasteiger partial charge in [-0.15, -0.1) is 0 Å². The molecule has 0 aromatic heterocycles. The normalized spacial score (nSPS) is 11.8. The van der Waals surface area contributed by atoms with Gasteiger partial charge in [-0.2, -0.15) is 0 Å². The summed E-state index contributed by atoms with van der Waals surface area (Å²) in [5.41, 5.74) is 1.94. The van der Waals surface area contributed by atoms with Gasteiger partial charge in [-0.05, 0) is 36.1 Å². The van der Waals surface area contributed by atoms with Gasteiger partial charge in [0.15, 0.2) is 0 Å². The van der Waals surface area contributed by atoms with Gasteiger partial charge in [-0.1, -0.05) is 42.5 Å². The predicted molar refractivity (Wildman–Crippen MR) is 92.3 cm³/mol. The summed E-state index contributed by atoms with van der Waals surface area (Å²) in [4.78, 5) is 11.7. The molecule has 3 N–H and O–H groups in total. The number of aliphatic hydroxyl groups is 1. The lowest BCUT2D eigenvalue weighted by Gasteiger charge is -2.12. The summed E-state index contributed by atoms with van der Waals surface area (Å²) in [6, 6.07) is 15.8. The van der Waals surface area contributed by atoms with Crippen LogP contribution < -0.4 is 10.6 Å². The van der Waals surface area contributed by atoms with Crippen molar-refractivity contribution in [3.63, 3.8) is 0 Å². The molecule has 0 bridgehead atoms. The molecular formula is C19H23FN2O2. The lowest BCUT2D eigenvalue weighted by Crippen LogP contribution is -2.40. The molecule has 0 fully saturated rings. The third-order valence-corrected chi connectivity index (χ3v) is 3.63. The zero-order valence-corrected chi connectivity index (χ0v) is 13.5. The van der Waals surface area contributed by atoms with Crippen LogP contribution in [0.5, 0.6) is 0 Å². The Morgan fingerprint density at radius 3 is 2.54 bits per heavy atom. The van der Waals surface area contributed by atoms with Crippen LogP contribution in [0.2, 0.25) is 0 Å². The van der Waals surface area contributed by atoms with E-state index in [1.165, 1.54) is 12.1 Å². The maximum Gasteiger partial charge on any atom is 0.314 e. The molecule has 24 heavy (non-hydrogen) atoms. The topological polar surface area (TPSA) is 61.4 Å². The number of hydrogen-bond acceptors (Lipinski definition) is 2. The Balaban J connectivity index is 1.58. The summed E-state index contributed by atoms with van der Waals surface area (Å²) in [5, 5.41) is 15.3. The van der Waals surface area contributed by atoms with E-state index in [0.717, 1.165) is 17.5 Å². The zero-order chi connectivity index (χ0) is 17.2. The Hall–Kier alpha value is -2.40. The molecule has 0 spiro atoms. The van der Waals surface area contributed by atoms with E-state index in [1.54, 1.807) is 6.07 Å². The smallest absolute Gasteiger partial charge is 0.314 e. The number of aryl methyl sites for hydroxylation is 1. The van der Waals surface area contributed by atoms with Crippen LogP contribution in [0.4, 0.5) is 9.18 Å². The van der Waals surface area contributed by atoms with Gasteiger partial charge in [-0.25, -0.2) is 9.18 Å². The quantitative estimate of drug-likeness (QED) is 0.652. The van der Waals surface area contributed by atoms with Crippen molar-refractivity contribution in [3.8, 4) is 0 Å². The number of amides is 2. The molecule has 0 saturated carbocycles. The molecule has 0 saturated heterocycles. The number of hydrogen-bond donors (Lipinski definition) is 3. The van der Waals surface area contributed by atoms with Crippen molar-refractivity contribution in [2.24, 2.45) is 0 Å². The van der Waals surface area contributed by atoms with Gasteiger partial charge in [0.05, 0.1) is 6.10 Å². The second-order valence-electron chi connectivity index (χ2n) is 5.71. The van der Waals surface area contributed by atoms with Crippen molar-refractivity contribution >= 4 is 6.03 Å². The van der Waals surface area contributed by atoms with Gasteiger partial charge in [0.25, 0.3) is 0 Å². The predicted octanol–water partition coefficient (Wildman–Crippen LogP) is 2.66. The second kappa shape index (κ2) is 9.67. The van der Waals surface area contributed by atoms with E-state index in [1.807, 2.05) is 36.4 Å². The number of carbonyl (C=O) groups is 1. The number of urea groups is 1. The molecular weight excluding hydrogens is 307 g/mol.